The van der Waals surface area contributed by atoms with Crippen molar-refractivity contribution in [2.24, 2.45) is 0 Å². The summed E-state index contributed by atoms with van der Waals surface area (Å²) in [6.07, 6.45) is 0. The van der Waals surface area contributed by atoms with Crippen LogP contribution in [0.25, 0.3) is 0 Å². The van der Waals surface area contributed by atoms with Gasteiger partial charge in [-0.05, 0) is 27.7 Å². The van der Waals surface area contributed by atoms with Crippen molar-refractivity contribution in [3.05, 3.63) is 0 Å². The van der Waals surface area contributed by atoms with Gasteiger partial charge in [0.1, 0.15) is 17.7 Å². The van der Waals surface area contributed by atoms with Gasteiger partial charge < -0.3 is 15.4 Å². The minimum Gasteiger partial charge on any atom is -0.458 e. The molecule has 1 unspecified atom stereocenters. The number of hydrogen-bond donors (Lipinski definition) is 2. The van der Waals surface area contributed by atoms with Gasteiger partial charge in [-0.25, -0.2) is 4.79 Å². The number of carbonyl (C=O) groups is 3. The highest BCUT2D eigenvalue weighted by Crippen LogP contribution is 2.13. The fourth-order valence-electron chi connectivity index (χ4n) is 1.29. The first-order valence-corrected chi connectivity index (χ1v) is 6.64. The van der Waals surface area contributed by atoms with Crippen molar-refractivity contribution in [2.75, 3.05) is 5.75 Å². The molecule has 18 heavy (non-hydrogen) atoms. The molecule has 0 aromatic carbocycles. The van der Waals surface area contributed by atoms with E-state index in [0.29, 0.717) is 5.75 Å². The molecule has 102 valence electrons. The molecule has 0 radical (unpaired) electrons. The highest BCUT2D eigenvalue weighted by molar-refractivity contribution is 8.14. The van der Waals surface area contributed by atoms with Crippen LogP contribution in [0.15, 0.2) is 0 Å². The third kappa shape index (κ3) is 4.56. The summed E-state index contributed by atoms with van der Waals surface area (Å²) >= 11 is 1.05. The maximum absolute atomic E-state index is 11.7. The summed E-state index contributed by atoms with van der Waals surface area (Å²) < 4.78 is 5.14. The molecule has 7 heteroatoms. The van der Waals surface area contributed by atoms with Crippen LogP contribution in [0.4, 0.5) is 4.79 Å². The molecule has 2 N–H and O–H groups in total. The maximum Gasteiger partial charge on any atom is 0.328 e. The van der Waals surface area contributed by atoms with E-state index in [1.54, 1.807) is 27.7 Å². The Labute approximate surface area is 110 Å². The first-order valence-electron chi connectivity index (χ1n) is 5.65. The second kappa shape index (κ2) is 5.60. The number of hydrogen-bond acceptors (Lipinski definition) is 5. The van der Waals surface area contributed by atoms with Crippen molar-refractivity contribution in [3.63, 3.8) is 0 Å². The van der Waals surface area contributed by atoms with Gasteiger partial charge in [-0.1, -0.05) is 11.8 Å². The minimum atomic E-state index is -0.737. The van der Waals surface area contributed by atoms with Gasteiger partial charge >= 0.3 is 5.97 Å². The van der Waals surface area contributed by atoms with Crippen LogP contribution in [0.1, 0.15) is 27.7 Å². The summed E-state index contributed by atoms with van der Waals surface area (Å²) in [5.41, 5.74) is -0.590. The molecule has 1 aliphatic rings. The Kier molecular flexibility index (Phi) is 4.61. The molecule has 1 saturated heterocycles. The smallest absolute Gasteiger partial charge is 0.328 e. The van der Waals surface area contributed by atoms with Gasteiger partial charge in [0.25, 0.3) is 5.24 Å². The van der Waals surface area contributed by atoms with Crippen LogP contribution >= 0.6 is 11.8 Å². The van der Waals surface area contributed by atoms with E-state index in [-0.39, 0.29) is 11.1 Å². The zero-order valence-corrected chi connectivity index (χ0v) is 11.7. The average molecular weight is 274 g/mol. The van der Waals surface area contributed by atoms with Crippen LogP contribution in [-0.4, -0.2) is 40.6 Å². The Morgan fingerprint density at radius 2 is 2.11 bits per heavy atom. The monoisotopic (exact) mass is 274 g/mol. The standard InChI is InChI=1S/C11H18N2O4S/c1-6(9(15)17-11(2,3)4)12-8(14)7-5-18-10(16)13-7/h6-7H,5H2,1-4H3,(H,12,14)(H,13,16)/t6-,7?/m1/s1. The first kappa shape index (κ1) is 14.8. The van der Waals surface area contributed by atoms with E-state index in [2.05, 4.69) is 10.6 Å². The van der Waals surface area contributed by atoms with Gasteiger partial charge in [-0.3, -0.25) is 9.59 Å². The molecular weight excluding hydrogens is 256 g/mol. The Morgan fingerprint density at radius 3 is 2.56 bits per heavy atom. The van der Waals surface area contributed by atoms with E-state index in [4.69, 9.17) is 4.74 Å². The third-order valence-corrected chi connectivity index (χ3v) is 2.99. The average Bonchev–Trinajstić information content (AvgIpc) is 2.62. The maximum atomic E-state index is 11.7. The number of carbonyl (C=O) groups excluding carboxylic acids is 3. The lowest BCUT2D eigenvalue weighted by Gasteiger charge is -2.23. The van der Waals surface area contributed by atoms with E-state index in [0.717, 1.165) is 11.8 Å². The number of nitrogens with one attached hydrogen (secondary N) is 2. The highest BCUT2D eigenvalue weighted by atomic mass is 32.2. The van der Waals surface area contributed by atoms with Crippen molar-refractivity contribution in [2.45, 2.75) is 45.4 Å². The molecule has 0 bridgehead atoms. The quantitative estimate of drug-likeness (QED) is 0.738. The van der Waals surface area contributed by atoms with Crippen LogP contribution in [-0.2, 0) is 14.3 Å². The van der Waals surface area contributed by atoms with Crippen molar-refractivity contribution >= 4 is 28.9 Å². The topological polar surface area (TPSA) is 84.5 Å². The zero-order chi connectivity index (χ0) is 13.9. The third-order valence-electron chi connectivity index (χ3n) is 2.11. The number of rotatable bonds is 3. The summed E-state index contributed by atoms with van der Waals surface area (Å²) in [5, 5.41) is 4.81. The molecule has 1 aliphatic heterocycles. The molecule has 6 nitrogen and oxygen atoms in total. The lowest BCUT2D eigenvalue weighted by Crippen LogP contribution is -2.49. The normalized spacial score (nSPS) is 21.1. The molecule has 0 saturated carbocycles. The molecule has 2 atom stereocenters. The van der Waals surface area contributed by atoms with Gasteiger partial charge in [0.05, 0.1) is 0 Å². The van der Waals surface area contributed by atoms with Gasteiger partial charge in [-0.2, -0.15) is 0 Å². The predicted molar refractivity (Wildman–Crippen MR) is 68.2 cm³/mol. The van der Waals surface area contributed by atoms with Gasteiger partial charge in [0.2, 0.25) is 5.91 Å². The highest BCUT2D eigenvalue weighted by Gasteiger charge is 2.30. The van der Waals surface area contributed by atoms with Crippen LogP contribution in [0, 0.1) is 0 Å². The Bertz CT molecular complexity index is 365. The number of esters is 1. The lowest BCUT2D eigenvalue weighted by atomic mass is 10.2. The fraction of sp³-hybridized carbons (Fsp3) is 0.727. The molecule has 1 heterocycles. The first-order chi connectivity index (χ1) is 8.19. The van der Waals surface area contributed by atoms with E-state index >= 15 is 0 Å². The Hall–Kier alpha value is -1.24. The molecule has 0 aromatic rings. The van der Waals surface area contributed by atoms with Crippen molar-refractivity contribution in [1.29, 1.82) is 0 Å². The molecular formula is C11H18N2O4S. The zero-order valence-electron chi connectivity index (χ0n) is 10.9. The van der Waals surface area contributed by atoms with Crippen LogP contribution < -0.4 is 10.6 Å². The van der Waals surface area contributed by atoms with Crippen LogP contribution in [0.5, 0.6) is 0 Å². The second-order valence-electron chi connectivity index (χ2n) is 5.06. The number of thioether (sulfide) groups is 1. The summed E-state index contributed by atoms with van der Waals surface area (Å²) in [6.45, 7) is 6.82. The molecule has 1 rings (SSSR count). The second-order valence-corrected chi connectivity index (χ2v) is 6.05. The number of amides is 2. The molecule has 0 aliphatic carbocycles. The minimum absolute atomic E-state index is 0.222. The molecule has 0 aromatic heterocycles. The van der Waals surface area contributed by atoms with E-state index in [9.17, 15) is 14.4 Å². The summed E-state index contributed by atoms with van der Waals surface area (Å²) in [7, 11) is 0. The van der Waals surface area contributed by atoms with Crippen molar-refractivity contribution < 1.29 is 19.1 Å². The fourth-order valence-corrected chi connectivity index (χ4v) is 2.07. The molecule has 2 amide bonds. The van der Waals surface area contributed by atoms with Gasteiger partial charge in [-0.15, -0.1) is 0 Å². The summed E-state index contributed by atoms with van der Waals surface area (Å²) in [6, 6.07) is -1.31. The largest absolute Gasteiger partial charge is 0.458 e. The number of ether oxygens (including phenoxy) is 1. The Morgan fingerprint density at radius 1 is 1.50 bits per heavy atom. The summed E-state index contributed by atoms with van der Waals surface area (Å²) in [4.78, 5) is 34.3. The van der Waals surface area contributed by atoms with Crippen molar-refractivity contribution in [3.8, 4) is 0 Å². The lowest BCUT2D eigenvalue weighted by molar-refractivity contribution is -0.158. The SMILES string of the molecule is C[C@@H](NC(=O)C1CSC(=O)N1)C(=O)OC(C)(C)C. The van der Waals surface area contributed by atoms with Crippen LogP contribution in [0.3, 0.4) is 0 Å². The predicted octanol–water partition coefficient (Wildman–Crippen LogP) is 0.658. The van der Waals surface area contributed by atoms with Gasteiger partial charge in [0, 0.05) is 5.75 Å². The van der Waals surface area contributed by atoms with Gasteiger partial charge in [0.15, 0.2) is 0 Å². The van der Waals surface area contributed by atoms with Crippen molar-refractivity contribution in [1.82, 2.24) is 10.6 Å². The summed E-state index contributed by atoms with van der Waals surface area (Å²) in [5.74, 6) is -0.481. The van der Waals surface area contributed by atoms with E-state index in [1.807, 2.05) is 0 Å². The molecule has 1 fully saturated rings. The van der Waals surface area contributed by atoms with E-state index in [1.165, 1.54) is 0 Å². The van der Waals surface area contributed by atoms with E-state index < -0.39 is 23.7 Å². The molecule has 0 spiro atoms. The van der Waals surface area contributed by atoms with Crippen LogP contribution in [0.2, 0.25) is 0 Å². The Balaban J connectivity index is 2.44.